The summed E-state index contributed by atoms with van der Waals surface area (Å²) in [5, 5.41) is 18.6. The van der Waals surface area contributed by atoms with Gasteiger partial charge >= 0.3 is 5.97 Å². The average Bonchev–Trinajstić information content (AvgIpc) is 2.83. The number of phenolic OH excluding ortho intramolecular Hbond substituents is 1. The molecule has 15 heavy (non-hydrogen) atoms. The molecule has 3 heteroatoms. The molecule has 2 rings (SSSR count). The molecule has 0 saturated heterocycles. The fourth-order valence-corrected chi connectivity index (χ4v) is 2.07. The maximum atomic E-state index is 10.7. The Bertz CT molecular complexity index is 405. The zero-order valence-electron chi connectivity index (χ0n) is 8.66. The summed E-state index contributed by atoms with van der Waals surface area (Å²) in [6.45, 7) is 1.90. The Morgan fingerprint density at radius 1 is 1.47 bits per heavy atom. The van der Waals surface area contributed by atoms with Crippen molar-refractivity contribution in [3.8, 4) is 5.75 Å². The molecular weight excluding hydrogens is 192 g/mol. The van der Waals surface area contributed by atoms with Crippen LogP contribution >= 0.6 is 0 Å². The van der Waals surface area contributed by atoms with E-state index in [1.54, 1.807) is 6.07 Å². The molecule has 0 bridgehead atoms. The summed E-state index contributed by atoms with van der Waals surface area (Å²) in [5.74, 6) is -0.568. The van der Waals surface area contributed by atoms with Crippen molar-refractivity contribution in [1.29, 1.82) is 0 Å². The summed E-state index contributed by atoms with van der Waals surface area (Å²) >= 11 is 0. The Hall–Kier alpha value is -1.51. The number of aliphatic carboxylic acids is 1. The van der Waals surface area contributed by atoms with Gasteiger partial charge in [0.15, 0.2) is 0 Å². The van der Waals surface area contributed by atoms with Crippen LogP contribution in [-0.2, 0) is 10.2 Å². The van der Waals surface area contributed by atoms with E-state index in [0.29, 0.717) is 0 Å². The number of hydrogen-bond acceptors (Lipinski definition) is 2. The van der Waals surface area contributed by atoms with Gasteiger partial charge in [-0.1, -0.05) is 12.1 Å². The van der Waals surface area contributed by atoms with Crippen LogP contribution < -0.4 is 0 Å². The van der Waals surface area contributed by atoms with Crippen molar-refractivity contribution in [3.05, 3.63) is 29.3 Å². The largest absolute Gasteiger partial charge is 0.508 e. The molecule has 1 aromatic rings. The van der Waals surface area contributed by atoms with Crippen molar-refractivity contribution in [3.63, 3.8) is 0 Å². The van der Waals surface area contributed by atoms with Crippen LogP contribution in [0.4, 0.5) is 0 Å². The highest BCUT2D eigenvalue weighted by atomic mass is 16.4. The topological polar surface area (TPSA) is 57.5 Å². The SMILES string of the molecule is Cc1ccc(C2(CC(=O)O)CC2)c(O)c1. The number of aryl methyl sites for hydroxylation is 1. The number of carboxylic acid groups (broad SMARTS) is 1. The number of phenols is 1. The Balaban J connectivity index is 2.33. The van der Waals surface area contributed by atoms with Gasteiger partial charge in [-0.3, -0.25) is 4.79 Å². The lowest BCUT2D eigenvalue weighted by Gasteiger charge is -2.15. The molecule has 3 nitrogen and oxygen atoms in total. The van der Waals surface area contributed by atoms with E-state index in [1.807, 2.05) is 19.1 Å². The molecule has 1 saturated carbocycles. The summed E-state index contributed by atoms with van der Waals surface area (Å²) in [6.07, 6.45) is 1.83. The van der Waals surface area contributed by atoms with Crippen LogP contribution in [0.25, 0.3) is 0 Å². The van der Waals surface area contributed by atoms with Gasteiger partial charge in [-0.2, -0.15) is 0 Å². The van der Waals surface area contributed by atoms with Gasteiger partial charge in [0.2, 0.25) is 0 Å². The van der Waals surface area contributed by atoms with E-state index < -0.39 is 5.97 Å². The number of carbonyl (C=O) groups is 1. The number of carboxylic acids is 1. The molecule has 0 aromatic heterocycles. The van der Waals surface area contributed by atoms with E-state index in [9.17, 15) is 9.90 Å². The maximum absolute atomic E-state index is 10.7. The van der Waals surface area contributed by atoms with Crippen LogP contribution in [0.2, 0.25) is 0 Å². The number of rotatable bonds is 3. The zero-order valence-corrected chi connectivity index (χ0v) is 8.66. The molecule has 1 aliphatic carbocycles. The van der Waals surface area contributed by atoms with Gasteiger partial charge in [-0.15, -0.1) is 0 Å². The van der Waals surface area contributed by atoms with E-state index in [4.69, 9.17) is 5.11 Å². The number of aromatic hydroxyl groups is 1. The third kappa shape index (κ3) is 1.82. The number of hydrogen-bond donors (Lipinski definition) is 2. The Morgan fingerprint density at radius 3 is 2.60 bits per heavy atom. The summed E-state index contributed by atoms with van der Waals surface area (Å²) in [5.41, 5.74) is 1.47. The standard InChI is InChI=1S/C12H14O3/c1-8-2-3-9(10(13)6-8)12(4-5-12)7-11(14)15/h2-3,6,13H,4-5,7H2,1H3,(H,14,15). The van der Waals surface area contributed by atoms with Crippen LogP contribution in [0.5, 0.6) is 5.75 Å². The summed E-state index contributed by atoms with van der Waals surface area (Å²) in [4.78, 5) is 10.7. The highest BCUT2D eigenvalue weighted by molar-refractivity contribution is 5.70. The molecule has 0 unspecified atom stereocenters. The number of benzene rings is 1. The molecule has 0 amide bonds. The van der Waals surface area contributed by atoms with Crippen molar-refractivity contribution in [2.45, 2.75) is 31.6 Å². The minimum Gasteiger partial charge on any atom is -0.508 e. The van der Waals surface area contributed by atoms with Crippen LogP contribution in [0.1, 0.15) is 30.4 Å². The zero-order chi connectivity index (χ0) is 11.1. The minimum absolute atomic E-state index is 0.115. The second-order valence-electron chi connectivity index (χ2n) is 4.37. The average molecular weight is 206 g/mol. The second kappa shape index (κ2) is 3.26. The quantitative estimate of drug-likeness (QED) is 0.797. The van der Waals surface area contributed by atoms with Crippen molar-refractivity contribution in [1.82, 2.24) is 0 Å². The molecule has 0 aliphatic heterocycles. The first-order chi connectivity index (χ1) is 7.03. The molecule has 0 atom stereocenters. The third-order valence-corrected chi connectivity index (χ3v) is 3.07. The molecule has 1 aromatic carbocycles. The minimum atomic E-state index is -0.799. The van der Waals surface area contributed by atoms with Gasteiger partial charge in [0.05, 0.1) is 6.42 Å². The normalized spacial score (nSPS) is 17.4. The smallest absolute Gasteiger partial charge is 0.304 e. The summed E-state index contributed by atoms with van der Waals surface area (Å²) < 4.78 is 0. The first-order valence-electron chi connectivity index (χ1n) is 5.05. The van der Waals surface area contributed by atoms with Crippen LogP contribution in [0.3, 0.4) is 0 Å². The lowest BCUT2D eigenvalue weighted by Crippen LogP contribution is -2.13. The van der Waals surface area contributed by atoms with Crippen LogP contribution in [0.15, 0.2) is 18.2 Å². The van der Waals surface area contributed by atoms with Crippen molar-refractivity contribution < 1.29 is 15.0 Å². The van der Waals surface area contributed by atoms with Crippen molar-refractivity contribution in [2.75, 3.05) is 0 Å². The summed E-state index contributed by atoms with van der Waals surface area (Å²) in [6, 6.07) is 5.45. The molecule has 1 fully saturated rings. The van der Waals surface area contributed by atoms with Crippen LogP contribution in [-0.4, -0.2) is 16.2 Å². The third-order valence-electron chi connectivity index (χ3n) is 3.07. The highest BCUT2D eigenvalue weighted by Gasteiger charge is 2.47. The highest BCUT2D eigenvalue weighted by Crippen LogP contribution is 2.53. The molecule has 2 N–H and O–H groups in total. The second-order valence-corrected chi connectivity index (χ2v) is 4.37. The van der Waals surface area contributed by atoms with Gasteiger partial charge in [0.1, 0.15) is 5.75 Å². The Kier molecular flexibility index (Phi) is 2.18. The van der Waals surface area contributed by atoms with Gasteiger partial charge in [-0.05, 0) is 31.4 Å². The Labute approximate surface area is 88.4 Å². The maximum Gasteiger partial charge on any atom is 0.304 e. The van der Waals surface area contributed by atoms with Gasteiger partial charge in [0, 0.05) is 11.0 Å². The molecule has 0 spiro atoms. The first-order valence-corrected chi connectivity index (χ1v) is 5.05. The van der Waals surface area contributed by atoms with Gasteiger partial charge in [0.25, 0.3) is 0 Å². The fraction of sp³-hybridized carbons (Fsp3) is 0.417. The fourth-order valence-electron chi connectivity index (χ4n) is 2.07. The Morgan fingerprint density at radius 2 is 2.13 bits per heavy atom. The lowest BCUT2D eigenvalue weighted by atomic mass is 9.91. The first kappa shape index (κ1) is 10.0. The van der Waals surface area contributed by atoms with E-state index in [-0.39, 0.29) is 17.6 Å². The van der Waals surface area contributed by atoms with E-state index in [2.05, 4.69) is 0 Å². The van der Waals surface area contributed by atoms with Crippen LogP contribution in [0, 0.1) is 6.92 Å². The molecule has 1 aliphatic rings. The summed E-state index contributed by atoms with van der Waals surface area (Å²) in [7, 11) is 0. The van der Waals surface area contributed by atoms with Crippen molar-refractivity contribution in [2.24, 2.45) is 0 Å². The molecule has 80 valence electrons. The predicted octanol–water partition coefficient (Wildman–Crippen LogP) is 2.21. The van der Waals surface area contributed by atoms with Gasteiger partial charge < -0.3 is 10.2 Å². The lowest BCUT2D eigenvalue weighted by molar-refractivity contribution is -0.137. The van der Waals surface area contributed by atoms with E-state index >= 15 is 0 Å². The monoisotopic (exact) mass is 206 g/mol. The van der Waals surface area contributed by atoms with E-state index in [0.717, 1.165) is 24.0 Å². The van der Waals surface area contributed by atoms with Gasteiger partial charge in [-0.25, -0.2) is 0 Å². The molecule has 0 heterocycles. The molecular formula is C12H14O3. The molecule has 0 radical (unpaired) electrons. The van der Waals surface area contributed by atoms with Crippen molar-refractivity contribution >= 4 is 5.97 Å². The van der Waals surface area contributed by atoms with E-state index in [1.165, 1.54) is 0 Å². The predicted molar refractivity (Wildman–Crippen MR) is 56.0 cm³/mol.